The van der Waals surface area contributed by atoms with Gasteiger partial charge in [-0.05, 0) is 49.5 Å². The monoisotopic (exact) mass is 441 g/mol. The van der Waals surface area contributed by atoms with Crippen LogP contribution in [0.5, 0.6) is 0 Å². The predicted octanol–water partition coefficient (Wildman–Crippen LogP) is 5.80. The highest BCUT2D eigenvalue weighted by Crippen LogP contribution is 2.31. The highest BCUT2D eigenvalue weighted by Gasteiger charge is 2.30. The number of rotatable bonds is 5. The summed E-state index contributed by atoms with van der Waals surface area (Å²) in [6, 6.07) is 13.9. The molecule has 1 amide bonds. The molecule has 1 heterocycles. The van der Waals surface area contributed by atoms with Crippen molar-refractivity contribution in [1.82, 2.24) is 9.78 Å². The molecule has 0 fully saturated rings. The van der Waals surface area contributed by atoms with Gasteiger partial charge in [-0.15, -0.1) is 5.10 Å². The van der Waals surface area contributed by atoms with Gasteiger partial charge in [0.15, 0.2) is 8.29 Å². The number of nitrogens with one attached hydrogen (secondary N) is 1. The van der Waals surface area contributed by atoms with E-state index in [-0.39, 0.29) is 5.69 Å². The lowest BCUT2D eigenvalue weighted by Gasteiger charge is -2.12. The summed E-state index contributed by atoms with van der Waals surface area (Å²) in [5, 5.41) is 6.36. The molecule has 10 heteroatoms. The summed E-state index contributed by atoms with van der Waals surface area (Å²) >= 11 is 7.79. The zero-order valence-electron chi connectivity index (χ0n) is 14.4. The van der Waals surface area contributed by atoms with Crippen LogP contribution in [0, 0.1) is 3.95 Å². The van der Waals surface area contributed by atoms with Gasteiger partial charge >= 0.3 is 6.18 Å². The number of alkyl halides is 3. The van der Waals surface area contributed by atoms with Gasteiger partial charge in [-0.1, -0.05) is 47.4 Å². The molecule has 28 heavy (non-hydrogen) atoms. The van der Waals surface area contributed by atoms with Crippen LogP contribution in [0.3, 0.4) is 0 Å². The molecule has 0 bridgehead atoms. The quantitative estimate of drug-likeness (QED) is 0.401. The van der Waals surface area contributed by atoms with Gasteiger partial charge in [-0.3, -0.25) is 4.79 Å². The molecule has 0 aliphatic heterocycles. The Bertz CT molecular complexity index is 1030. The van der Waals surface area contributed by atoms with Crippen molar-refractivity contribution >= 4 is 46.9 Å². The van der Waals surface area contributed by atoms with E-state index in [9.17, 15) is 18.0 Å². The van der Waals surface area contributed by atoms with Crippen LogP contribution >= 0.6 is 35.3 Å². The maximum absolute atomic E-state index is 12.8. The van der Waals surface area contributed by atoms with Gasteiger partial charge < -0.3 is 5.32 Å². The van der Waals surface area contributed by atoms with Crippen molar-refractivity contribution in [2.75, 3.05) is 5.32 Å². The summed E-state index contributed by atoms with van der Waals surface area (Å²) in [6.07, 6.45) is -4.47. The zero-order valence-corrected chi connectivity index (χ0v) is 16.9. The zero-order chi connectivity index (χ0) is 20.3. The van der Waals surface area contributed by atoms with Crippen LogP contribution < -0.4 is 5.32 Å². The first-order valence-electron chi connectivity index (χ1n) is 8.04. The second-order valence-corrected chi connectivity index (χ2v) is 8.92. The number of hydrogen-bond donors (Lipinski definition) is 1. The highest BCUT2D eigenvalue weighted by atomic mass is 32.2. The summed E-state index contributed by atoms with van der Waals surface area (Å²) in [4.78, 5) is 12.4. The van der Waals surface area contributed by atoms with Crippen molar-refractivity contribution in [2.45, 2.75) is 22.7 Å². The molecule has 4 nitrogen and oxygen atoms in total. The van der Waals surface area contributed by atoms with Crippen molar-refractivity contribution < 1.29 is 18.0 Å². The average molecular weight is 442 g/mol. The fraction of sp³-hybridized carbons (Fsp3) is 0.167. The van der Waals surface area contributed by atoms with Crippen LogP contribution in [-0.2, 0) is 11.0 Å². The summed E-state index contributed by atoms with van der Waals surface area (Å²) in [6.45, 7) is 1.66. The Hall–Kier alpha value is -2.17. The minimum atomic E-state index is -4.47. The fourth-order valence-corrected chi connectivity index (χ4v) is 4.77. The lowest BCUT2D eigenvalue weighted by molar-refractivity contribution is -0.137. The molecule has 0 aliphatic carbocycles. The molecular formula is C18H14F3N3OS3. The number of nitrogens with zero attached hydrogens (tertiary/aromatic N) is 2. The van der Waals surface area contributed by atoms with Crippen molar-refractivity contribution in [2.24, 2.45) is 0 Å². The van der Waals surface area contributed by atoms with Gasteiger partial charge in [0.05, 0.1) is 16.5 Å². The number of para-hydroxylation sites is 1. The summed E-state index contributed by atoms with van der Waals surface area (Å²) < 4.78 is 41.1. The van der Waals surface area contributed by atoms with E-state index in [2.05, 4.69) is 10.4 Å². The summed E-state index contributed by atoms with van der Waals surface area (Å²) in [5.74, 6) is -0.420. The average Bonchev–Trinajstić information content (AvgIpc) is 3.02. The first kappa shape index (κ1) is 20.6. The van der Waals surface area contributed by atoms with E-state index < -0.39 is 22.9 Å². The Morgan fingerprint density at radius 3 is 2.61 bits per heavy atom. The second kappa shape index (κ2) is 8.46. The number of carbonyl (C=O) groups excluding carboxylic acids is 1. The molecule has 1 aromatic heterocycles. The molecule has 1 N–H and O–H groups in total. The van der Waals surface area contributed by atoms with E-state index in [1.165, 1.54) is 35.2 Å². The number of aromatic nitrogens is 2. The normalized spacial score (nSPS) is 12.6. The fourth-order valence-electron chi connectivity index (χ4n) is 2.26. The predicted molar refractivity (Wildman–Crippen MR) is 108 cm³/mol. The van der Waals surface area contributed by atoms with Crippen LogP contribution in [0.1, 0.15) is 12.5 Å². The lowest BCUT2D eigenvalue weighted by atomic mass is 10.2. The van der Waals surface area contributed by atoms with E-state index in [0.717, 1.165) is 17.8 Å². The third kappa shape index (κ3) is 5.00. The first-order valence-corrected chi connectivity index (χ1v) is 10.1. The van der Waals surface area contributed by atoms with E-state index >= 15 is 0 Å². The smallest absolute Gasteiger partial charge is 0.325 e. The number of carbonyl (C=O) groups is 1. The maximum atomic E-state index is 12.8. The third-order valence-corrected chi connectivity index (χ3v) is 6.05. The molecule has 0 unspecified atom stereocenters. The highest BCUT2D eigenvalue weighted by molar-refractivity contribution is 8.02. The van der Waals surface area contributed by atoms with Crippen LogP contribution in [0.4, 0.5) is 18.9 Å². The second-order valence-electron chi connectivity index (χ2n) is 5.71. The van der Waals surface area contributed by atoms with E-state index in [4.69, 9.17) is 12.2 Å². The van der Waals surface area contributed by atoms with Gasteiger partial charge in [0.25, 0.3) is 0 Å². The summed E-state index contributed by atoms with van der Waals surface area (Å²) in [7, 11) is 0. The molecule has 1 atom stereocenters. The molecule has 0 spiro atoms. The van der Waals surface area contributed by atoms with Crippen LogP contribution in [-0.4, -0.2) is 20.9 Å². The first-order chi connectivity index (χ1) is 13.2. The summed E-state index contributed by atoms with van der Waals surface area (Å²) in [5.41, 5.74) is 0.0940. The number of hydrogen-bond acceptors (Lipinski definition) is 5. The Kier molecular flexibility index (Phi) is 6.21. The minimum absolute atomic E-state index is 0.0923. The van der Waals surface area contributed by atoms with E-state index in [1.54, 1.807) is 11.6 Å². The van der Waals surface area contributed by atoms with Crippen LogP contribution in [0.2, 0.25) is 0 Å². The molecule has 2 aromatic carbocycles. The Labute approximate surface area is 172 Å². The Morgan fingerprint density at radius 2 is 1.93 bits per heavy atom. The van der Waals surface area contributed by atoms with Gasteiger partial charge in [0.2, 0.25) is 5.91 Å². The molecular weight excluding hydrogens is 427 g/mol. The minimum Gasteiger partial charge on any atom is -0.325 e. The van der Waals surface area contributed by atoms with Crippen molar-refractivity contribution in [3.63, 3.8) is 0 Å². The van der Waals surface area contributed by atoms with Crippen LogP contribution in [0.25, 0.3) is 5.69 Å². The Balaban J connectivity index is 1.69. The molecule has 3 rings (SSSR count). The van der Waals surface area contributed by atoms with Gasteiger partial charge in [0, 0.05) is 5.69 Å². The van der Waals surface area contributed by atoms with E-state index in [0.29, 0.717) is 8.29 Å². The van der Waals surface area contributed by atoms with Gasteiger partial charge in [0.1, 0.15) is 0 Å². The SMILES string of the molecule is C[C@@H](Sc1nn(-c2ccccc2)c(=S)s1)C(=O)Nc1cccc(C(F)(F)F)c1. The lowest BCUT2D eigenvalue weighted by Crippen LogP contribution is -2.22. The maximum Gasteiger partial charge on any atom is 0.416 e. The van der Waals surface area contributed by atoms with Crippen LogP contribution in [0.15, 0.2) is 58.9 Å². The molecule has 0 saturated carbocycles. The number of thioether (sulfide) groups is 1. The topological polar surface area (TPSA) is 46.9 Å². The van der Waals surface area contributed by atoms with Crippen molar-refractivity contribution in [3.8, 4) is 5.69 Å². The number of anilines is 1. The van der Waals surface area contributed by atoms with Gasteiger partial charge in [-0.25, -0.2) is 4.68 Å². The number of amides is 1. The molecule has 0 radical (unpaired) electrons. The molecule has 0 aliphatic rings. The molecule has 0 saturated heterocycles. The Morgan fingerprint density at radius 1 is 1.21 bits per heavy atom. The largest absolute Gasteiger partial charge is 0.416 e. The van der Waals surface area contributed by atoms with Crippen molar-refractivity contribution in [1.29, 1.82) is 0 Å². The third-order valence-electron chi connectivity index (χ3n) is 3.63. The van der Waals surface area contributed by atoms with E-state index in [1.807, 2.05) is 30.3 Å². The van der Waals surface area contributed by atoms with Gasteiger partial charge in [-0.2, -0.15) is 13.2 Å². The van der Waals surface area contributed by atoms with Crippen molar-refractivity contribution in [3.05, 3.63) is 64.1 Å². The molecule has 3 aromatic rings. The number of benzene rings is 2. The number of halogens is 3. The standard InChI is InChI=1S/C18H14F3N3OS3/c1-11(15(25)22-13-7-5-6-12(10-13)18(19,20)21)27-16-23-24(17(26)28-16)14-8-3-2-4-9-14/h2-11H,1H3,(H,22,25)/t11-/m1/s1. The molecule has 146 valence electrons.